The van der Waals surface area contributed by atoms with Crippen molar-refractivity contribution in [3.63, 3.8) is 0 Å². The van der Waals surface area contributed by atoms with Crippen molar-refractivity contribution in [2.45, 2.75) is 20.3 Å². The maximum Gasteiger partial charge on any atom is 0.233 e. The predicted molar refractivity (Wildman–Crippen MR) is 72.3 cm³/mol. The van der Waals surface area contributed by atoms with Gasteiger partial charge in [-0.05, 0) is 32.0 Å². The van der Waals surface area contributed by atoms with Crippen LogP contribution in [0.15, 0.2) is 24.3 Å². The summed E-state index contributed by atoms with van der Waals surface area (Å²) < 4.78 is 0. The molecule has 0 aromatic heterocycles. The molecule has 0 radical (unpaired) electrons. The Balaban J connectivity index is 2.60. The van der Waals surface area contributed by atoms with Crippen LogP contribution in [0, 0.1) is 11.3 Å². The van der Waals surface area contributed by atoms with Crippen LogP contribution in [0.2, 0.25) is 0 Å². The van der Waals surface area contributed by atoms with Crippen molar-refractivity contribution in [1.82, 2.24) is 4.90 Å². The first kappa shape index (κ1) is 14.7. The molecule has 0 aliphatic heterocycles. The molecular formula is C14H17N3O2. The molecule has 2 amide bonds. The van der Waals surface area contributed by atoms with Crippen molar-refractivity contribution in [2.75, 3.05) is 18.4 Å². The quantitative estimate of drug-likeness (QED) is 0.819. The Morgan fingerprint density at radius 3 is 2.58 bits per heavy atom. The Hall–Kier alpha value is -2.35. The normalized spacial score (nSPS) is 9.53. The monoisotopic (exact) mass is 259 g/mol. The Morgan fingerprint density at radius 2 is 2.00 bits per heavy atom. The van der Waals surface area contributed by atoms with Gasteiger partial charge in [-0.15, -0.1) is 0 Å². The van der Waals surface area contributed by atoms with Gasteiger partial charge in [0, 0.05) is 18.8 Å². The third kappa shape index (κ3) is 4.43. The zero-order valence-corrected chi connectivity index (χ0v) is 11.1. The molecule has 19 heavy (non-hydrogen) atoms. The van der Waals surface area contributed by atoms with Gasteiger partial charge in [0.2, 0.25) is 11.8 Å². The zero-order chi connectivity index (χ0) is 14.3. The average molecular weight is 259 g/mol. The largest absolute Gasteiger partial charge is 0.343 e. The molecule has 0 aliphatic carbocycles. The number of benzene rings is 1. The number of carbonyl (C=O) groups is 2. The number of carbonyl (C=O) groups excluding carboxylic acids is 2. The molecule has 0 bridgehead atoms. The molecule has 0 spiro atoms. The van der Waals surface area contributed by atoms with E-state index in [9.17, 15) is 9.59 Å². The van der Waals surface area contributed by atoms with Crippen LogP contribution in [0.5, 0.6) is 0 Å². The number of nitrogens with one attached hydrogen (secondary N) is 1. The topological polar surface area (TPSA) is 73.2 Å². The summed E-state index contributed by atoms with van der Waals surface area (Å²) in [6.07, 6.45) is -0.182. The third-order valence-corrected chi connectivity index (χ3v) is 2.70. The molecule has 1 aromatic carbocycles. The lowest BCUT2D eigenvalue weighted by Gasteiger charge is -2.18. The van der Waals surface area contributed by atoms with Gasteiger partial charge in [-0.2, -0.15) is 5.26 Å². The third-order valence-electron chi connectivity index (χ3n) is 2.70. The van der Waals surface area contributed by atoms with Crippen LogP contribution in [-0.2, 0) is 9.59 Å². The van der Waals surface area contributed by atoms with Crippen LogP contribution < -0.4 is 5.32 Å². The Morgan fingerprint density at radius 1 is 1.32 bits per heavy atom. The Kier molecular flexibility index (Phi) is 5.55. The number of hydrogen-bond donors (Lipinski definition) is 1. The van der Waals surface area contributed by atoms with Gasteiger partial charge in [0.1, 0.15) is 6.42 Å². The zero-order valence-electron chi connectivity index (χ0n) is 11.1. The smallest absolute Gasteiger partial charge is 0.233 e. The number of rotatable bonds is 5. The van der Waals surface area contributed by atoms with Crippen molar-refractivity contribution in [2.24, 2.45) is 0 Å². The van der Waals surface area contributed by atoms with Crippen molar-refractivity contribution >= 4 is 17.5 Å². The van der Waals surface area contributed by atoms with Gasteiger partial charge >= 0.3 is 0 Å². The van der Waals surface area contributed by atoms with E-state index in [0.717, 1.165) is 0 Å². The molecule has 1 rings (SSSR count). The lowest BCUT2D eigenvalue weighted by atomic mass is 10.2. The summed E-state index contributed by atoms with van der Waals surface area (Å²) in [5.41, 5.74) is 0.990. The second-order valence-corrected chi connectivity index (χ2v) is 3.98. The number of anilines is 1. The van der Waals surface area contributed by atoms with E-state index >= 15 is 0 Å². The van der Waals surface area contributed by atoms with Crippen LogP contribution in [0.3, 0.4) is 0 Å². The minimum absolute atomic E-state index is 0.182. The molecule has 1 N–H and O–H groups in total. The molecule has 0 saturated carbocycles. The van der Waals surface area contributed by atoms with Gasteiger partial charge in [-0.3, -0.25) is 9.59 Å². The standard InChI is InChI=1S/C14H17N3O2/c1-3-17(4-2)14(19)9-13(18)16-12-7-5-6-11(8-12)10-15/h5-8H,3-4,9H2,1-2H3,(H,16,18). The maximum absolute atomic E-state index is 11.7. The van der Waals surface area contributed by atoms with E-state index in [0.29, 0.717) is 24.3 Å². The highest BCUT2D eigenvalue weighted by Crippen LogP contribution is 2.10. The second kappa shape index (κ2) is 7.17. The molecule has 0 atom stereocenters. The first-order valence-electron chi connectivity index (χ1n) is 6.18. The van der Waals surface area contributed by atoms with Gasteiger partial charge in [0.15, 0.2) is 0 Å². The Labute approximate surface area is 112 Å². The van der Waals surface area contributed by atoms with Crippen molar-refractivity contribution in [1.29, 1.82) is 5.26 Å². The van der Waals surface area contributed by atoms with Crippen LogP contribution in [0.4, 0.5) is 5.69 Å². The predicted octanol–water partition coefficient (Wildman–Crippen LogP) is 1.76. The molecule has 0 saturated heterocycles. The lowest BCUT2D eigenvalue weighted by molar-refractivity contribution is -0.134. The summed E-state index contributed by atoms with van der Waals surface area (Å²) in [7, 11) is 0. The minimum atomic E-state index is -0.369. The first-order chi connectivity index (χ1) is 9.10. The molecule has 0 unspecified atom stereocenters. The van der Waals surface area contributed by atoms with E-state index in [4.69, 9.17) is 5.26 Å². The van der Waals surface area contributed by atoms with E-state index in [1.807, 2.05) is 19.9 Å². The number of nitrogens with zero attached hydrogens (tertiary/aromatic N) is 2. The molecule has 0 fully saturated rings. The highest BCUT2D eigenvalue weighted by Gasteiger charge is 2.14. The van der Waals surface area contributed by atoms with E-state index in [2.05, 4.69) is 5.32 Å². The maximum atomic E-state index is 11.7. The van der Waals surface area contributed by atoms with Crippen molar-refractivity contribution in [3.05, 3.63) is 29.8 Å². The van der Waals surface area contributed by atoms with Gasteiger partial charge in [-0.25, -0.2) is 0 Å². The van der Waals surface area contributed by atoms with Crippen LogP contribution in [0.1, 0.15) is 25.8 Å². The molecule has 5 nitrogen and oxygen atoms in total. The summed E-state index contributed by atoms with van der Waals surface area (Å²) in [5, 5.41) is 11.4. The Bertz CT molecular complexity index is 502. The van der Waals surface area contributed by atoms with E-state index < -0.39 is 0 Å². The van der Waals surface area contributed by atoms with Crippen LogP contribution in [-0.4, -0.2) is 29.8 Å². The van der Waals surface area contributed by atoms with Crippen molar-refractivity contribution < 1.29 is 9.59 Å². The summed E-state index contributed by atoms with van der Waals surface area (Å²) in [5.74, 6) is -0.564. The fraction of sp³-hybridized carbons (Fsp3) is 0.357. The van der Waals surface area contributed by atoms with Crippen LogP contribution >= 0.6 is 0 Å². The van der Waals surface area contributed by atoms with Gasteiger partial charge in [0.05, 0.1) is 11.6 Å². The summed E-state index contributed by atoms with van der Waals surface area (Å²) in [6, 6.07) is 8.57. The highest BCUT2D eigenvalue weighted by molar-refractivity contribution is 6.03. The molecule has 0 heterocycles. The van der Waals surface area contributed by atoms with Crippen LogP contribution in [0.25, 0.3) is 0 Å². The summed E-state index contributed by atoms with van der Waals surface area (Å²) >= 11 is 0. The van der Waals surface area contributed by atoms with Gasteiger partial charge in [-0.1, -0.05) is 6.07 Å². The lowest BCUT2D eigenvalue weighted by Crippen LogP contribution is -2.33. The highest BCUT2D eigenvalue weighted by atomic mass is 16.2. The molecule has 1 aromatic rings. The second-order valence-electron chi connectivity index (χ2n) is 3.98. The van der Waals surface area contributed by atoms with Crippen molar-refractivity contribution in [3.8, 4) is 6.07 Å². The van der Waals surface area contributed by atoms with Gasteiger partial charge in [0.25, 0.3) is 0 Å². The number of nitriles is 1. The first-order valence-corrected chi connectivity index (χ1v) is 6.18. The SMILES string of the molecule is CCN(CC)C(=O)CC(=O)Nc1cccc(C#N)c1. The molecule has 100 valence electrons. The fourth-order valence-electron chi connectivity index (χ4n) is 1.70. The van der Waals surface area contributed by atoms with E-state index in [-0.39, 0.29) is 18.2 Å². The number of amides is 2. The molecule has 0 aliphatic rings. The molecule has 5 heteroatoms. The van der Waals surface area contributed by atoms with Gasteiger partial charge < -0.3 is 10.2 Å². The fourth-order valence-corrected chi connectivity index (χ4v) is 1.70. The number of hydrogen-bond acceptors (Lipinski definition) is 3. The average Bonchev–Trinajstić information content (AvgIpc) is 2.40. The summed E-state index contributed by atoms with van der Waals surface area (Å²) in [6.45, 7) is 4.92. The van der Waals surface area contributed by atoms with E-state index in [1.165, 1.54) is 0 Å². The summed E-state index contributed by atoms with van der Waals surface area (Å²) in [4.78, 5) is 25.1. The minimum Gasteiger partial charge on any atom is -0.343 e. The van der Waals surface area contributed by atoms with E-state index in [1.54, 1.807) is 29.2 Å². The molecular weight excluding hydrogens is 242 g/mol.